The van der Waals surface area contributed by atoms with E-state index in [1.807, 2.05) is 36.0 Å². The molecule has 2 aromatic rings. The number of aromatic hydroxyl groups is 1. The van der Waals surface area contributed by atoms with Crippen LogP contribution in [-0.4, -0.2) is 23.1 Å². The molecule has 100 valence electrons. The second kappa shape index (κ2) is 5.43. The molecule has 0 aliphatic carbocycles. The molecule has 1 aliphatic rings. The van der Waals surface area contributed by atoms with Gasteiger partial charge in [-0.05, 0) is 37.3 Å². The van der Waals surface area contributed by atoms with Gasteiger partial charge in [-0.25, -0.2) is 0 Å². The first-order valence-electron chi connectivity index (χ1n) is 6.73. The van der Waals surface area contributed by atoms with Crippen LogP contribution < -0.4 is 0 Å². The van der Waals surface area contributed by atoms with Crippen LogP contribution in [0.25, 0.3) is 10.8 Å². The van der Waals surface area contributed by atoms with Crippen molar-refractivity contribution in [2.24, 2.45) is 0 Å². The topological polar surface area (TPSA) is 29.5 Å². The maximum Gasteiger partial charge on any atom is 0.123 e. The number of benzene rings is 2. The molecule has 0 saturated carbocycles. The van der Waals surface area contributed by atoms with E-state index < -0.39 is 0 Å². The zero-order valence-electron chi connectivity index (χ0n) is 11.0. The molecule has 19 heavy (non-hydrogen) atoms. The average Bonchev–Trinajstić information content (AvgIpc) is 2.84. The van der Waals surface area contributed by atoms with Crippen LogP contribution in [0.4, 0.5) is 0 Å². The van der Waals surface area contributed by atoms with E-state index in [9.17, 15) is 5.11 Å². The highest BCUT2D eigenvalue weighted by Crippen LogP contribution is 2.34. The van der Waals surface area contributed by atoms with Crippen LogP contribution in [0.5, 0.6) is 5.75 Å². The maximum absolute atomic E-state index is 9.88. The molecule has 3 heteroatoms. The number of hydrogen-bond donors (Lipinski definition) is 1. The first-order valence-corrected chi connectivity index (χ1v) is 7.71. The Labute approximate surface area is 117 Å². The number of phenols is 1. The minimum absolute atomic E-state index is 0.352. The van der Waals surface area contributed by atoms with Crippen LogP contribution in [0.1, 0.15) is 19.8 Å². The highest BCUT2D eigenvalue weighted by atomic mass is 32.2. The van der Waals surface area contributed by atoms with Crippen molar-refractivity contribution in [1.29, 1.82) is 0 Å². The van der Waals surface area contributed by atoms with Gasteiger partial charge in [0.15, 0.2) is 0 Å². The number of hydrogen-bond acceptors (Lipinski definition) is 3. The number of ether oxygens (including phenoxy) is 1. The van der Waals surface area contributed by atoms with E-state index in [2.05, 4.69) is 13.0 Å². The summed E-state index contributed by atoms with van der Waals surface area (Å²) in [6.45, 7) is 2.14. The highest BCUT2D eigenvalue weighted by molar-refractivity contribution is 7.99. The Morgan fingerprint density at radius 2 is 1.95 bits per heavy atom. The third kappa shape index (κ3) is 2.72. The molecular weight excluding hydrogens is 256 g/mol. The predicted octanol–water partition coefficient (Wildman–Crippen LogP) is 4.21. The molecule has 2 atom stereocenters. The van der Waals surface area contributed by atoms with Gasteiger partial charge in [0.1, 0.15) is 5.75 Å². The third-order valence-electron chi connectivity index (χ3n) is 3.61. The van der Waals surface area contributed by atoms with Gasteiger partial charge in [-0.15, -0.1) is 11.8 Å². The summed E-state index contributed by atoms with van der Waals surface area (Å²) in [6, 6.07) is 11.8. The van der Waals surface area contributed by atoms with Crippen molar-refractivity contribution in [2.75, 3.05) is 5.75 Å². The zero-order valence-corrected chi connectivity index (χ0v) is 11.8. The smallest absolute Gasteiger partial charge is 0.123 e. The number of fused-ring (bicyclic) bond motifs is 1. The van der Waals surface area contributed by atoms with Crippen molar-refractivity contribution in [3.05, 3.63) is 36.4 Å². The minimum Gasteiger partial charge on any atom is -0.507 e. The lowest BCUT2D eigenvalue weighted by molar-refractivity contribution is 0.0700. The van der Waals surface area contributed by atoms with Crippen molar-refractivity contribution in [1.82, 2.24) is 0 Å². The first kappa shape index (κ1) is 12.8. The molecule has 1 heterocycles. The molecular formula is C16H18O2S. The van der Waals surface area contributed by atoms with Crippen LogP contribution in [0.15, 0.2) is 41.3 Å². The molecule has 2 unspecified atom stereocenters. The van der Waals surface area contributed by atoms with Gasteiger partial charge in [0.05, 0.1) is 12.2 Å². The molecule has 1 N–H and O–H groups in total. The van der Waals surface area contributed by atoms with E-state index in [0.29, 0.717) is 18.0 Å². The summed E-state index contributed by atoms with van der Waals surface area (Å²) in [6.07, 6.45) is 3.10. The summed E-state index contributed by atoms with van der Waals surface area (Å²) in [4.78, 5) is 1.22. The normalized spacial score (nSPS) is 23.0. The van der Waals surface area contributed by atoms with Gasteiger partial charge in [0, 0.05) is 16.0 Å². The Bertz CT molecular complexity index is 582. The largest absolute Gasteiger partial charge is 0.507 e. The minimum atomic E-state index is 0.352. The molecule has 0 spiro atoms. The lowest BCUT2D eigenvalue weighted by atomic mass is 10.1. The van der Waals surface area contributed by atoms with Crippen LogP contribution in [0.3, 0.4) is 0 Å². The van der Waals surface area contributed by atoms with Crippen LogP contribution in [0.2, 0.25) is 0 Å². The SMILES string of the molecule is CC1CCC(CSc2ccc(O)c3ccccc23)O1. The van der Waals surface area contributed by atoms with Gasteiger partial charge in [-0.1, -0.05) is 24.3 Å². The van der Waals surface area contributed by atoms with Crippen molar-refractivity contribution in [2.45, 2.75) is 36.9 Å². The Hall–Kier alpha value is -1.19. The molecule has 2 nitrogen and oxygen atoms in total. The van der Waals surface area contributed by atoms with E-state index in [1.54, 1.807) is 6.07 Å². The van der Waals surface area contributed by atoms with Gasteiger partial charge in [0.2, 0.25) is 0 Å². The Morgan fingerprint density at radius 1 is 1.16 bits per heavy atom. The van der Waals surface area contributed by atoms with Crippen LogP contribution in [-0.2, 0) is 4.74 Å². The second-order valence-corrected chi connectivity index (χ2v) is 6.15. The van der Waals surface area contributed by atoms with Crippen molar-refractivity contribution in [3.63, 3.8) is 0 Å². The Morgan fingerprint density at radius 3 is 2.68 bits per heavy atom. The molecule has 2 aromatic carbocycles. The predicted molar refractivity (Wildman–Crippen MR) is 79.9 cm³/mol. The fourth-order valence-corrected chi connectivity index (χ4v) is 3.68. The summed E-state index contributed by atoms with van der Waals surface area (Å²) in [5.41, 5.74) is 0. The summed E-state index contributed by atoms with van der Waals surface area (Å²) in [7, 11) is 0. The lowest BCUT2D eigenvalue weighted by Gasteiger charge is -2.12. The number of thioether (sulfide) groups is 1. The van der Waals surface area contributed by atoms with E-state index in [0.717, 1.165) is 22.9 Å². The molecule has 0 amide bonds. The zero-order chi connectivity index (χ0) is 13.2. The molecule has 3 rings (SSSR count). The van der Waals surface area contributed by atoms with Crippen molar-refractivity contribution >= 4 is 22.5 Å². The molecule has 1 fully saturated rings. The Balaban J connectivity index is 1.79. The monoisotopic (exact) mass is 274 g/mol. The molecule has 1 aliphatic heterocycles. The van der Waals surface area contributed by atoms with E-state index >= 15 is 0 Å². The van der Waals surface area contributed by atoms with Gasteiger partial charge >= 0.3 is 0 Å². The van der Waals surface area contributed by atoms with E-state index in [1.165, 1.54) is 11.3 Å². The lowest BCUT2D eigenvalue weighted by Crippen LogP contribution is -2.10. The van der Waals surface area contributed by atoms with Gasteiger partial charge in [-0.3, -0.25) is 0 Å². The van der Waals surface area contributed by atoms with Crippen LogP contribution in [0, 0.1) is 0 Å². The quantitative estimate of drug-likeness (QED) is 0.850. The van der Waals surface area contributed by atoms with Gasteiger partial charge < -0.3 is 9.84 Å². The van der Waals surface area contributed by atoms with E-state index in [4.69, 9.17) is 4.74 Å². The Kier molecular flexibility index (Phi) is 3.67. The third-order valence-corrected chi connectivity index (χ3v) is 4.81. The molecule has 0 bridgehead atoms. The summed E-state index contributed by atoms with van der Waals surface area (Å²) >= 11 is 1.82. The second-order valence-electron chi connectivity index (χ2n) is 5.09. The van der Waals surface area contributed by atoms with Gasteiger partial charge in [0.25, 0.3) is 0 Å². The summed E-state index contributed by atoms with van der Waals surface area (Å²) in [5.74, 6) is 1.34. The average molecular weight is 274 g/mol. The fraction of sp³-hybridized carbons (Fsp3) is 0.375. The molecule has 0 aromatic heterocycles. The summed E-state index contributed by atoms with van der Waals surface area (Å²) in [5, 5.41) is 11.9. The summed E-state index contributed by atoms with van der Waals surface area (Å²) < 4.78 is 5.85. The number of rotatable bonds is 3. The standard InChI is InChI=1S/C16H18O2S/c1-11-6-7-12(18-11)10-19-16-9-8-15(17)13-4-2-3-5-14(13)16/h2-5,8-9,11-12,17H,6-7,10H2,1H3. The first-order chi connectivity index (χ1) is 9.24. The van der Waals surface area contributed by atoms with Gasteiger partial charge in [-0.2, -0.15) is 0 Å². The van der Waals surface area contributed by atoms with E-state index in [-0.39, 0.29) is 0 Å². The maximum atomic E-state index is 9.88. The van der Waals surface area contributed by atoms with Crippen molar-refractivity contribution in [3.8, 4) is 5.75 Å². The number of phenolic OH excluding ortho intramolecular Hbond substituents is 1. The fourth-order valence-electron chi connectivity index (χ4n) is 2.57. The van der Waals surface area contributed by atoms with Crippen molar-refractivity contribution < 1.29 is 9.84 Å². The molecule has 1 saturated heterocycles. The van der Waals surface area contributed by atoms with Crippen LogP contribution >= 0.6 is 11.8 Å². The highest BCUT2D eigenvalue weighted by Gasteiger charge is 2.21. The molecule has 0 radical (unpaired) electrons.